The molecule has 1 aromatic carbocycles. The Hall–Kier alpha value is -1.02. The molecule has 0 aliphatic carbocycles. The molecule has 0 fully saturated rings. The first-order valence-corrected chi connectivity index (χ1v) is 5.48. The van der Waals surface area contributed by atoms with Crippen molar-refractivity contribution in [1.82, 2.24) is 0 Å². The Morgan fingerprint density at radius 3 is 2.40 bits per heavy atom. The van der Waals surface area contributed by atoms with Gasteiger partial charge < -0.3 is 10.5 Å². The summed E-state index contributed by atoms with van der Waals surface area (Å²) < 4.78 is 5.34. The minimum atomic E-state index is 0.411. The van der Waals surface area contributed by atoms with E-state index in [1.54, 1.807) is 7.11 Å². The maximum atomic E-state index is 5.67. The molecule has 15 heavy (non-hydrogen) atoms. The molecule has 2 nitrogen and oxygen atoms in total. The fourth-order valence-corrected chi connectivity index (χ4v) is 1.65. The van der Waals surface area contributed by atoms with Gasteiger partial charge in [0.15, 0.2) is 0 Å². The highest BCUT2D eigenvalue weighted by molar-refractivity contribution is 5.40. The Morgan fingerprint density at radius 2 is 1.93 bits per heavy atom. The van der Waals surface area contributed by atoms with Crippen LogP contribution >= 0.6 is 0 Å². The molecule has 2 N–H and O–H groups in total. The average molecular weight is 207 g/mol. The van der Waals surface area contributed by atoms with Crippen LogP contribution < -0.4 is 10.5 Å². The second-order valence-corrected chi connectivity index (χ2v) is 4.29. The van der Waals surface area contributed by atoms with Gasteiger partial charge in [-0.2, -0.15) is 0 Å². The lowest BCUT2D eigenvalue weighted by Crippen LogP contribution is -2.09. The molecule has 0 heterocycles. The molecule has 0 amide bonds. The molecule has 2 heteroatoms. The molecule has 0 aliphatic rings. The van der Waals surface area contributed by atoms with Gasteiger partial charge in [-0.3, -0.25) is 0 Å². The normalized spacial score (nSPS) is 12.9. The van der Waals surface area contributed by atoms with Gasteiger partial charge in [0.05, 0.1) is 7.11 Å². The van der Waals surface area contributed by atoms with Gasteiger partial charge in [-0.25, -0.2) is 0 Å². The Balaban J connectivity index is 3.10. The van der Waals surface area contributed by atoms with Gasteiger partial charge in [-0.15, -0.1) is 0 Å². The first-order valence-electron chi connectivity index (χ1n) is 5.48. The zero-order chi connectivity index (χ0) is 11.4. The van der Waals surface area contributed by atoms with Crippen LogP contribution in [-0.2, 0) is 0 Å². The first kappa shape index (κ1) is 12.1. The van der Waals surface area contributed by atoms with Gasteiger partial charge in [0.25, 0.3) is 0 Å². The lowest BCUT2D eigenvalue weighted by atomic mass is 9.94. The highest BCUT2D eigenvalue weighted by Crippen LogP contribution is 2.29. The van der Waals surface area contributed by atoms with Crippen molar-refractivity contribution in [3.8, 4) is 5.75 Å². The van der Waals surface area contributed by atoms with Crippen molar-refractivity contribution in [2.75, 3.05) is 13.7 Å². The summed E-state index contributed by atoms with van der Waals surface area (Å²) in [5, 5.41) is 0. The smallest absolute Gasteiger partial charge is 0.122 e. The maximum absolute atomic E-state index is 5.67. The van der Waals surface area contributed by atoms with Crippen LogP contribution in [0.3, 0.4) is 0 Å². The van der Waals surface area contributed by atoms with Crippen molar-refractivity contribution >= 4 is 0 Å². The summed E-state index contributed by atoms with van der Waals surface area (Å²) in [6.45, 7) is 7.18. The molecule has 0 aliphatic heterocycles. The number of nitrogens with two attached hydrogens (primary N) is 1. The third kappa shape index (κ3) is 2.72. The van der Waals surface area contributed by atoms with E-state index in [4.69, 9.17) is 10.5 Å². The van der Waals surface area contributed by atoms with Crippen LogP contribution in [0.5, 0.6) is 5.75 Å². The lowest BCUT2D eigenvalue weighted by Gasteiger charge is -2.16. The van der Waals surface area contributed by atoms with E-state index in [-0.39, 0.29) is 0 Å². The van der Waals surface area contributed by atoms with Crippen LogP contribution in [-0.4, -0.2) is 13.7 Å². The Kier molecular flexibility index (Phi) is 4.15. The van der Waals surface area contributed by atoms with E-state index in [0.717, 1.165) is 5.75 Å². The molecule has 0 aromatic heterocycles. The Bertz CT molecular complexity index is 320. The predicted octanol–water partition coefficient (Wildman–Crippen LogP) is 2.88. The number of benzene rings is 1. The molecule has 0 saturated carbocycles. The fourth-order valence-electron chi connectivity index (χ4n) is 1.65. The quantitative estimate of drug-likeness (QED) is 0.824. The summed E-state index contributed by atoms with van der Waals surface area (Å²) in [6, 6.07) is 6.35. The third-order valence-electron chi connectivity index (χ3n) is 2.80. The Labute approximate surface area is 92.4 Å². The lowest BCUT2D eigenvalue weighted by molar-refractivity contribution is 0.407. The van der Waals surface area contributed by atoms with E-state index in [1.165, 1.54) is 11.1 Å². The second-order valence-electron chi connectivity index (χ2n) is 4.29. The molecule has 0 saturated heterocycles. The fraction of sp³-hybridized carbons (Fsp3) is 0.538. The van der Waals surface area contributed by atoms with Gasteiger partial charge in [0.1, 0.15) is 5.75 Å². The average Bonchev–Trinajstić information content (AvgIpc) is 2.27. The van der Waals surface area contributed by atoms with Crippen molar-refractivity contribution < 1.29 is 4.74 Å². The molecule has 1 rings (SSSR count). The standard InChI is InChI=1S/C13H21NO/c1-9(2)12-7-11(10(3)8-14)5-6-13(12)15-4/h5-7,9-10H,8,14H2,1-4H3. The van der Waals surface area contributed by atoms with Gasteiger partial charge in [0, 0.05) is 0 Å². The van der Waals surface area contributed by atoms with Crippen LogP contribution in [0, 0.1) is 0 Å². The summed E-state index contributed by atoms with van der Waals surface area (Å²) in [7, 11) is 1.72. The maximum Gasteiger partial charge on any atom is 0.122 e. The summed E-state index contributed by atoms with van der Waals surface area (Å²) in [4.78, 5) is 0. The minimum Gasteiger partial charge on any atom is -0.496 e. The predicted molar refractivity (Wildman–Crippen MR) is 64.6 cm³/mol. The van der Waals surface area contributed by atoms with Crippen molar-refractivity contribution in [3.05, 3.63) is 29.3 Å². The number of ether oxygens (including phenoxy) is 1. The highest BCUT2D eigenvalue weighted by Gasteiger charge is 2.10. The topological polar surface area (TPSA) is 35.2 Å². The second kappa shape index (κ2) is 5.17. The molecule has 1 aromatic rings. The summed E-state index contributed by atoms with van der Waals surface area (Å²) in [5.41, 5.74) is 8.22. The Morgan fingerprint density at radius 1 is 1.27 bits per heavy atom. The van der Waals surface area contributed by atoms with E-state index >= 15 is 0 Å². The zero-order valence-electron chi connectivity index (χ0n) is 10.1. The summed E-state index contributed by atoms with van der Waals surface area (Å²) in [5.74, 6) is 1.86. The SMILES string of the molecule is COc1ccc(C(C)CN)cc1C(C)C. The van der Waals surface area contributed by atoms with E-state index in [1.807, 2.05) is 6.07 Å². The molecular weight excluding hydrogens is 186 g/mol. The van der Waals surface area contributed by atoms with Crippen LogP contribution in [0.2, 0.25) is 0 Å². The van der Waals surface area contributed by atoms with Crippen LogP contribution in [0.15, 0.2) is 18.2 Å². The number of methoxy groups -OCH3 is 1. The van der Waals surface area contributed by atoms with Gasteiger partial charge >= 0.3 is 0 Å². The molecule has 0 radical (unpaired) electrons. The molecule has 0 bridgehead atoms. The van der Waals surface area contributed by atoms with Crippen LogP contribution in [0.4, 0.5) is 0 Å². The monoisotopic (exact) mass is 207 g/mol. The molecule has 1 atom stereocenters. The summed E-state index contributed by atoms with van der Waals surface area (Å²) in [6.07, 6.45) is 0. The van der Waals surface area contributed by atoms with E-state index in [9.17, 15) is 0 Å². The molecular formula is C13H21NO. The van der Waals surface area contributed by atoms with E-state index < -0.39 is 0 Å². The van der Waals surface area contributed by atoms with Crippen molar-refractivity contribution in [3.63, 3.8) is 0 Å². The van der Waals surface area contributed by atoms with Crippen LogP contribution in [0.1, 0.15) is 43.7 Å². The zero-order valence-corrected chi connectivity index (χ0v) is 10.1. The number of rotatable bonds is 4. The van der Waals surface area contributed by atoms with E-state index in [0.29, 0.717) is 18.4 Å². The highest BCUT2D eigenvalue weighted by atomic mass is 16.5. The number of hydrogen-bond donors (Lipinski definition) is 1. The molecule has 0 spiro atoms. The largest absolute Gasteiger partial charge is 0.496 e. The van der Waals surface area contributed by atoms with Gasteiger partial charge in [-0.05, 0) is 35.6 Å². The minimum absolute atomic E-state index is 0.411. The molecule has 84 valence electrons. The van der Waals surface area contributed by atoms with E-state index in [2.05, 4.69) is 32.9 Å². The first-order chi connectivity index (χ1) is 7.10. The van der Waals surface area contributed by atoms with Gasteiger partial charge in [-0.1, -0.05) is 32.9 Å². The van der Waals surface area contributed by atoms with Crippen LogP contribution in [0.25, 0.3) is 0 Å². The van der Waals surface area contributed by atoms with Crippen molar-refractivity contribution in [1.29, 1.82) is 0 Å². The van der Waals surface area contributed by atoms with Crippen molar-refractivity contribution in [2.24, 2.45) is 5.73 Å². The third-order valence-corrected chi connectivity index (χ3v) is 2.80. The van der Waals surface area contributed by atoms with Crippen molar-refractivity contribution in [2.45, 2.75) is 32.6 Å². The van der Waals surface area contributed by atoms with Gasteiger partial charge in [0.2, 0.25) is 0 Å². The summed E-state index contributed by atoms with van der Waals surface area (Å²) >= 11 is 0. The molecule has 1 unspecified atom stereocenters. The number of hydrogen-bond acceptors (Lipinski definition) is 2.